The third kappa shape index (κ3) is 3.37. The Bertz CT molecular complexity index is 1320. The van der Waals surface area contributed by atoms with Gasteiger partial charge in [0.25, 0.3) is 5.91 Å². The Hall–Kier alpha value is -3.36. The van der Waals surface area contributed by atoms with Gasteiger partial charge in [0.1, 0.15) is 5.56 Å². The van der Waals surface area contributed by atoms with Gasteiger partial charge in [-0.1, -0.05) is 35.3 Å². The highest BCUT2D eigenvalue weighted by atomic mass is 35.5. The van der Waals surface area contributed by atoms with Crippen molar-refractivity contribution < 1.29 is 14.3 Å². The lowest BCUT2D eigenvalue weighted by Gasteiger charge is -2.29. The topological polar surface area (TPSA) is 96.4 Å². The maximum Gasteiger partial charge on any atom is 0.268 e. The predicted octanol–water partition coefficient (Wildman–Crippen LogP) is 4.19. The molecular formula is C23H17Cl2N5O3. The molecule has 0 unspecified atom stereocenters. The number of fused-ring (bicyclic) bond motifs is 3. The summed E-state index contributed by atoms with van der Waals surface area (Å²) in [5.74, 6) is 0.142. The number of benzene rings is 2. The molecule has 2 aliphatic heterocycles. The molecular weight excluding hydrogens is 465 g/mol. The maximum absolute atomic E-state index is 13.0. The van der Waals surface area contributed by atoms with Gasteiger partial charge in [0, 0.05) is 11.9 Å². The summed E-state index contributed by atoms with van der Waals surface area (Å²) in [7, 11) is 0. The first-order chi connectivity index (χ1) is 15.9. The van der Waals surface area contributed by atoms with Crippen molar-refractivity contribution in [1.29, 1.82) is 0 Å². The number of hydrogen-bond donors (Lipinski definition) is 2. The van der Waals surface area contributed by atoms with Crippen LogP contribution >= 0.6 is 23.2 Å². The molecule has 3 heterocycles. The number of ether oxygens (including phenoxy) is 1. The smallest absolute Gasteiger partial charge is 0.268 e. The summed E-state index contributed by atoms with van der Waals surface area (Å²) in [4.78, 5) is 35.1. The third-order valence-corrected chi connectivity index (χ3v) is 6.73. The first-order valence-corrected chi connectivity index (χ1v) is 11.2. The monoisotopic (exact) mass is 481 g/mol. The number of nitrogens with one attached hydrogen (secondary N) is 2. The molecule has 0 radical (unpaired) electrons. The Labute approximate surface area is 198 Å². The normalized spacial score (nSPS) is 17.7. The number of carbonyl (C=O) groups is 2. The van der Waals surface area contributed by atoms with E-state index < -0.39 is 0 Å². The van der Waals surface area contributed by atoms with Gasteiger partial charge in [0.15, 0.2) is 6.73 Å². The maximum atomic E-state index is 13.0. The minimum absolute atomic E-state index is 0.0391. The Morgan fingerprint density at radius 3 is 2.67 bits per heavy atom. The molecule has 2 N–H and O–H groups in total. The van der Waals surface area contributed by atoms with Crippen molar-refractivity contribution in [2.45, 2.75) is 24.8 Å². The van der Waals surface area contributed by atoms with E-state index in [1.165, 1.54) is 16.7 Å². The average Bonchev–Trinajstić information content (AvgIpc) is 3.54. The van der Waals surface area contributed by atoms with E-state index in [-0.39, 0.29) is 41.5 Å². The number of amides is 2. The van der Waals surface area contributed by atoms with E-state index >= 15 is 0 Å². The lowest BCUT2D eigenvalue weighted by Crippen LogP contribution is -2.41. The first kappa shape index (κ1) is 20.3. The van der Waals surface area contributed by atoms with Crippen LogP contribution in [0.4, 0.5) is 17.3 Å². The van der Waals surface area contributed by atoms with E-state index in [4.69, 9.17) is 27.9 Å². The van der Waals surface area contributed by atoms with Gasteiger partial charge in [0.05, 0.1) is 27.7 Å². The van der Waals surface area contributed by atoms with E-state index in [0.717, 1.165) is 24.1 Å². The van der Waals surface area contributed by atoms with E-state index in [9.17, 15) is 9.59 Å². The van der Waals surface area contributed by atoms with Crippen molar-refractivity contribution >= 4 is 52.3 Å². The van der Waals surface area contributed by atoms with Gasteiger partial charge in [-0.05, 0) is 48.2 Å². The van der Waals surface area contributed by atoms with Crippen molar-refractivity contribution in [3.63, 3.8) is 0 Å². The molecule has 33 heavy (non-hydrogen) atoms. The molecule has 6 rings (SSSR count). The van der Waals surface area contributed by atoms with Gasteiger partial charge in [0.2, 0.25) is 17.7 Å². The number of carbonyl (C=O) groups excluding carboxylic acids is 2. The highest BCUT2D eigenvalue weighted by molar-refractivity contribution is 6.40. The first-order valence-electron chi connectivity index (χ1n) is 10.4. The number of halogens is 2. The summed E-state index contributed by atoms with van der Waals surface area (Å²) < 4.78 is 5.73. The fraction of sp³-hybridized carbons (Fsp3) is 0.217. The highest BCUT2D eigenvalue weighted by Gasteiger charge is 2.49. The Kier molecular flexibility index (Phi) is 4.50. The van der Waals surface area contributed by atoms with Crippen LogP contribution in [0.3, 0.4) is 0 Å². The number of anilines is 3. The zero-order valence-electron chi connectivity index (χ0n) is 17.2. The number of para-hydroxylation sites is 1. The third-order valence-electron chi connectivity index (χ3n) is 6.12. The van der Waals surface area contributed by atoms with Gasteiger partial charge in [-0.15, -0.1) is 0 Å². The molecule has 0 atom stereocenters. The van der Waals surface area contributed by atoms with Gasteiger partial charge < -0.3 is 15.4 Å². The van der Waals surface area contributed by atoms with Crippen molar-refractivity contribution in [1.82, 2.24) is 15.3 Å². The molecule has 10 heteroatoms. The van der Waals surface area contributed by atoms with Crippen molar-refractivity contribution in [3.05, 3.63) is 69.3 Å². The van der Waals surface area contributed by atoms with Crippen LogP contribution in [0, 0.1) is 0 Å². The predicted molar refractivity (Wildman–Crippen MR) is 123 cm³/mol. The van der Waals surface area contributed by atoms with Crippen molar-refractivity contribution in [3.8, 4) is 5.88 Å². The summed E-state index contributed by atoms with van der Waals surface area (Å²) in [6, 6.07) is 10.9. The quantitative estimate of drug-likeness (QED) is 0.582. The van der Waals surface area contributed by atoms with Gasteiger partial charge in [-0.25, -0.2) is 4.98 Å². The minimum atomic E-state index is -0.354. The molecule has 3 aliphatic rings. The largest absolute Gasteiger partial charge is 0.455 e. The van der Waals surface area contributed by atoms with Crippen LogP contribution in [0.15, 0.2) is 42.6 Å². The molecule has 2 amide bonds. The second-order valence-corrected chi connectivity index (χ2v) is 9.11. The van der Waals surface area contributed by atoms with Crippen LogP contribution in [0.5, 0.6) is 5.88 Å². The van der Waals surface area contributed by atoms with Gasteiger partial charge >= 0.3 is 0 Å². The summed E-state index contributed by atoms with van der Waals surface area (Å²) in [5.41, 5.74) is 3.33. The van der Waals surface area contributed by atoms with Gasteiger partial charge in [-0.3, -0.25) is 14.5 Å². The molecule has 2 aromatic carbocycles. The van der Waals surface area contributed by atoms with Crippen LogP contribution in [0.2, 0.25) is 10.0 Å². The molecule has 1 saturated carbocycles. The fourth-order valence-corrected chi connectivity index (χ4v) is 5.01. The molecule has 1 aromatic heterocycles. The molecule has 1 spiro atoms. The molecule has 8 nitrogen and oxygen atoms in total. The standard InChI is InChI=1S/C23H17Cl2N5O3/c24-16-2-1-3-17(25)19(16)30-11-33-20-14(21(30)32)10-26-22(28-20)27-13-4-5-15-12(8-13)9-18(31)29-23(15)6-7-23/h1-5,8,10H,6-7,9,11H2,(H,29,31)(H,26,27,28). The van der Waals surface area contributed by atoms with Crippen LogP contribution < -0.4 is 20.3 Å². The summed E-state index contributed by atoms with van der Waals surface area (Å²) >= 11 is 12.5. The van der Waals surface area contributed by atoms with E-state index in [1.54, 1.807) is 18.2 Å². The molecule has 1 aliphatic carbocycles. The van der Waals surface area contributed by atoms with E-state index in [0.29, 0.717) is 22.2 Å². The average molecular weight is 482 g/mol. The molecule has 1 fully saturated rings. The number of hydrogen-bond acceptors (Lipinski definition) is 6. The van der Waals surface area contributed by atoms with E-state index in [1.807, 2.05) is 18.2 Å². The molecule has 3 aromatic rings. The number of rotatable bonds is 3. The molecule has 0 saturated heterocycles. The van der Waals surface area contributed by atoms with Crippen molar-refractivity contribution in [2.24, 2.45) is 0 Å². The molecule has 166 valence electrons. The SMILES string of the molecule is O=C1Cc2cc(Nc3ncc4c(n3)OCN(c3c(Cl)cccc3Cl)C4=O)ccc2C2(CC2)N1. The Morgan fingerprint density at radius 2 is 1.91 bits per heavy atom. The molecule has 0 bridgehead atoms. The fourth-order valence-electron chi connectivity index (χ4n) is 4.41. The number of nitrogens with zero attached hydrogens (tertiary/aromatic N) is 3. The summed E-state index contributed by atoms with van der Waals surface area (Å²) in [6.07, 6.45) is 3.69. The summed E-state index contributed by atoms with van der Waals surface area (Å²) in [6.45, 7) is -0.0816. The van der Waals surface area contributed by atoms with E-state index in [2.05, 4.69) is 20.6 Å². The number of aromatic nitrogens is 2. The van der Waals surface area contributed by atoms with Crippen LogP contribution in [0.25, 0.3) is 0 Å². The van der Waals surface area contributed by atoms with Gasteiger partial charge in [-0.2, -0.15) is 4.98 Å². The highest BCUT2D eigenvalue weighted by Crippen LogP contribution is 2.49. The lowest BCUT2D eigenvalue weighted by molar-refractivity contribution is -0.122. The van der Waals surface area contributed by atoms with Crippen molar-refractivity contribution in [2.75, 3.05) is 16.9 Å². The van der Waals surface area contributed by atoms with Crippen LogP contribution in [-0.2, 0) is 16.8 Å². The Balaban J connectivity index is 1.26. The zero-order valence-corrected chi connectivity index (χ0v) is 18.7. The van der Waals surface area contributed by atoms with Crippen LogP contribution in [-0.4, -0.2) is 28.5 Å². The van der Waals surface area contributed by atoms with Crippen LogP contribution in [0.1, 0.15) is 34.3 Å². The Morgan fingerprint density at radius 1 is 1.12 bits per heavy atom. The second-order valence-electron chi connectivity index (χ2n) is 8.29. The lowest BCUT2D eigenvalue weighted by atomic mass is 9.91. The zero-order chi connectivity index (χ0) is 22.7. The summed E-state index contributed by atoms with van der Waals surface area (Å²) in [5, 5.41) is 6.93. The minimum Gasteiger partial charge on any atom is -0.455 e. The second kappa shape index (κ2) is 7.33.